The Labute approximate surface area is 99.5 Å². The molecule has 0 aliphatic heterocycles. The Bertz CT molecular complexity index is 244. The molecule has 0 unspecified atom stereocenters. The van der Waals surface area contributed by atoms with Gasteiger partial charge < -0.3 is 4.84 Å². The van der Waals surface area contributed by atoms with Gasteiger partial charge in [-0.1, -0.05) is 31.6 Å². The third-order valence-electron chi connectivity index (χ3n) is 2.12. The minimum atomic E-state index is 0.717. The summed E-state index contributed by atoms with van der Waals surface area (Å²) in [5, 5.41) is 1.77. The van der Waals surface area contributed by atoms with Crippen molar-refractivity contribution in [3.8, 4) is 0 Å². The molecular weight excluding hydrogens is 200 g/mol. The summed E-state index contributed by atoms with van der Waals surface area (Å²) in [4.78, 5) is 9.64. The van der Waals surface area contributed by atoms with Gasteiger partial charge in [0.15, 0.2) is 0 Å². The van der Waals surface area contributed by atoms with Crippen LogP contribution in [0.2, 0.25) is 0 Å². The van der Waals surface area contributed by atoms with Crippen LogP contribution in [0.15, 0.2) is 29.3 Å². The topological polar surface area (TPSA) is 24.8 Å². The first-order valence-electron chi connectivity index (χ1n) is 5.82. The average Bonchev–Trinajstić information content (AvgIpc) is 2.29. The third-order valence-corrected chi connectivity index (χ3v) is 2.12. The van der Waals surface area contributed by atoms with Crippen molar-refractivity contribution in [2.24, 2.45) is 4.99 Å². The molecule has 0 radical (unpaired) electrons. The van der Waals surface area contributed by atoms with Gasteiger partial charge in [0, 0.05) is 13.6 Å². The first kappa shape index (κ1) is 15.1. The van der Waals surface area contributed by atoms with E-state index in [1.54, 1.807) is 12.2 Å². The van der Waals surface area contributed by atoms with Gasteiger partial charge in [0.1, 0.15) is 0 Å². The highest BCUT2D eigenvalue weighted by Gasteiger charge is 1.99. The summed E-state index contributed by atoms with van der Waals surface area (Å²) in [6.45, 7) is 5.78. The van der Waals surface area contributed by atoms with Crippen molar-refractivity contribution in [2.45, 2.75) is 26.7 Å². The van der Waals surface area contributed by atoms with Crippen LogP contribution in [0.3, 0.4) is 0 Å². The predicted octanol–water partition coefficient (Wildman–Crippen LogP) is 2.85. The normalized spacial score (nSPS) is 13.4. The summed E-state index contributed by atoms with van der Waals surface area (Å²) in [6.07, 6.45) is 10.4. The molecule has 0 saturated carbocycles. The van der Waals surface area contributed by atoms with Crippen molar-refractivity contribution in [1.29, 1.82) is 0 Å². The molecule has 3 heteroatoms. The Morgan fingerprint density at radius 2 is 2.12 bits per heavy atom. The number of hydrogen-bond donors (Lipinski definition) is 0. The molecule has 0 saturated heterocycles. The Morgan fingerprint density at radius 3 is 2.69 bits per heavy atom. The summed E-state index contributed by atoms with van der Waals surface area (Å²) in [7, 11) is 3.57. The van der Waals surface area contributed by atoms with Crippen molar-refractivity contribution in [3.05, 3.63) is 24.3 Å². The van der Waals surface area contributed by atoms with Crippen LogP contribution in [-0.4, -0.2) is 38.0 Å². The van der Waals surface area contributed by atoms with Gasteiger partial charge >= 0.3 is 0 Å². The highest BCUT2D eigenvalue weighted by molar-refractivity contribution is 5.96. The molecule has 0 heterocycles. The molecule has 0 bridgehead atoms. The smallest absolute Gasteiger partial charge is 0.0656 e. The fourth-order valence-electron chi connectivity index (χ4n) is 1.11. The second-order valence-corrected chi connectivity index (χ2v) is 3.58. The van der Waals surface area contributed by atoms with E-state index in [0.717, 1.165) is 18.7 Å². The van der Waals surface area contributed by atoms with Gasteiger partial charge in [0.25, 0.3) is 0 Å². The molecule has 0 N–H and O–H groups in total. The summed E-state index contributed by atoms with van der Waals surface area (Å²) in [5.41, 5.74) is 1.05. The van der Waals surface area contributed by atoms with Crippen molar-refractivity contribution in [3.63, 3.8) is 0 Å². The first-order chi connectivity index (χ1) is 7.74. The zero-order chi connectivity index (χ0) is 12.2. The lowest BCUT2D eigenvalue weighted by Crippen LogP contribution is -2.24. The van der Waals surface area contributed by atoms with Crippen LogP contribution < -0.4 is 0 Å². The third kappa shape index (κ3) is 8.38. The number of hydrogen-bond acceptors (Lipinski definition) is 3. The van der Waals surface area contributed by atoms with Gasteiger partial charge in [-0.3, -0.25) is 4.99 Å². The lowest BCUT2D eigenvalue weighted by atomic mass is 10.3. The van der Waals surface area contributed by atoms with Crippen molar-refractivity contribution in [2.75, 3.05) is 27.2 Å². The summed E-state index contributed by atoms with van der Waals surface area (Å²) >= 11 is 0. The first-order valence-corrected chi connectivity index (χ1v) is 5.82. The number of aliphatic imine (C=N–C) groups is 1. The molecule has 0 aromatic carbocycles. The standard InChI is InChI=1S/C13H24N2O/c1-5-7-9-10-13(12-15(3)16-4)14-11-8-6-2/h5,7,9-10H,6,8,11-12H2,1-4H3/b7-5-,10-9-,14-13?. The predicted molar refractivity (Wildman–Crippen MR) is 70.8 cm³/mol. The molecule has 0 atom stereocenters. The zero-order valence-corrected chi connectivity index (χ0v) is 10.9. The molecule has 0 aromatic heterocycles. The maximum absolute atomic E-state index is 5.09. The van der Waals surface area contributed by atoms with Crippen molar-refractivity contribution in [1.82, 2.24) is 5.06 Å². The maximum Gasteiger partial charge on any atom is 0.0656 e. The monoisotopic (exact) mass is 224 g/mol. The second kappa shape index (κ2) is 10.6. The van der Waals surface area contributed by atoms with Gasteiger partial charge in [-0.05, 0) is 19.4 Å². The van der Waals surface area contributed by atoms with E-state index in [-0.39, 0.29) is 0 Å². The van der Waals surface area contributed by atoms with Gasteiger partial charge in [0.05, 0.1) is 19.4 Å². The van der Waals surface area contributed by atoms with E-state index < -0.39 is 0 Å². The van der Waals surface area contributed by atoms with Crippen LogP contribution in [0.5, 0.6) is 0 Å². The zero-order valence-electron chi connectivity index (χ0n) is 10.9. The highest BCUT2D eigenvalue weighted by Crippen LogP contribution is 1.93. The largest absolute Gasteiger partial charge is 0.302 e. The Hall–Kier alpha value is -0.930. The number of hydroxylamine groups is 2. The molecular formula is C13H24N2O. The number of nitrogens with zero attached hydrogens (tertiary/aromatic N) is 2. The van der Waals surface area contributed by atoms with Gasteiger partial charge in [-0.2, -0.15) is 5.06 Å². The average molecular weight is 224 g/mol. The Morgan fingerprint density at radius 1 is 1.38 bits per heavy atom. The van der Waals surface area contributed by atoms with E-state index in [2.05, 4.69) is 11.9 Å². The SMILES string of the molecule is C/C=C\C=C/C(CN(C)OC)=NCCCC. The quantitative estimate of drug-likeness (QED) is 0.274. The summed E-state index contributed by atoms with van der Waals surface area (Å²) in [5.74, 6) is 0. The molecule has 0 amide bonds. The Balaban J connectivity index is 4.31. The van der Waals surface area contributed by atoms with Crippen LogP contribution >= 0.6 is 0 Å². The van der Waals surface area contributed by atoms with Gasteiger partial charge in [0.2, 0.25) is 0 Å². The molecule has 0 aromatic rings. The minimum Gasteiger partial charge on any atom is -0.302 e. The van der Waals surface area contributed by atoms with Crippen molar-refractivity contribution < 1.29 is 4.84 Å². The van der Waals surface area contributed by atoms with Crippen LogP contribution in [-0.2, 0) is 4.84 Å². The fraction of sp³-hybridized carbons (Fsp3) is 0.615. The van der Waals surface area contributed by atoms with E-state index in [9.17, 15) is 0 Å². The van der Waals surface area contributed by atoms with Crippen LogP contribution in [0.4, 0.5) is 0 Å². The molecule has 0 aliphatic carbocycles. The van der Waals surface area contributed by atoms with Gasteiger partial charge in [-0.15, -0.1) is 0 Å². The van der Waals surface area contributed by atoms with Crippen LogP contribution in [0, 0.1) is 0 Å². The molecule has 92 valence electrons. The number of rotatable bonds is 8. The van der Waals surface area contributed by atoms with E-state index in [1.165, 1.54) is 6.42 Å². The lowest BCUT2D eigenvalue weighted by Gasteiger charge is -2.13. The van der Waals surface area contributed by atoms with E-state index in [1.807, 2.05) is 38.3 Å². The van der Waals surface area contributed by atoms with E-state index in [0.29, 0.717) is 6.54 Å². The summed E-state index contributed by atoms with van der Waals surface area (Å²) in [6, 6.07) is 0. The molecule has 0 spiro atoms. The van der Waals surface area contributed by atoms with Gasteiger partial charge in [-0.25, -0.2) is 0 Å². The molecule has 0 rings (SSSR count). The number of allylic oxidation sites excluding steroid dienone is 3. The van der Waals surface area contributed by atoms with E-state index in [4.69, 9.17) is 4.84 Å². The van der Waals surface area contributed by atoms with Crippen LogP contribution in [0.1, 0.15) is 26.7 Å². The highest BCUT2D eigenvalue weighted by atomic mass is 16.7. The second-order valence-electron chi connectivity index (χ2n) is 3.58. The molecule has 16 heavy (non-hydrogen) atoms. The molecule has 0 aliphatic rings. The Kier molecular flexibility index (Phi) is 9.97. The molecule has 3 nitrogen and oxygen atoms in total. The lowest BCUT2D eigenvalue weighted by molar-refractivity contribution is -0.0956. The fourth-order valence-corrected chi connectivity index (χ4v) is 1.11. The number of unbranched alkanes of at least 4 members (excludes halogenated alkanes) is 1. The van der Waals surface area contributed by atoms with Crippen LogP contribution in [0.25, 0.3) is 0 Å². The maximum atomic E-state index is 5.09. The minimum absolute atomic E-state index is 0.717. The summed E-state index contributed by atoms with van der Waals surface area (Å²) < 4.78 is 0. The molecule has 0 fully saturated rings. The van der Waals surface area contributed by atoms with Crippen molar-refractivity contribution >= 4 is 5.71 Å². The van der Waals surface area contributed by atoms with E-state index >= 15 is 0 Å².